The molecule has 2 aromatic carbocycles. The Labute approximate surface area is 118 Å². The molecule has 0 radical (unpaired) electrons. The Kier molecular flexibility index (Phi) is 4.09. The molecule has 0 aromatic heterocycles. The summed E-state index contributed by atoms with van der Waals surface area (Å²) < 4.78 is 38.7. The SMILES string of the molecule is Oc1ccccc1CNc1c(Cl)cccc1C(F)(F)F. The molecule has 0 aliphatic carbocycles. The third-order valence-corrected chi connectivity index (χ3v) is 3.08. The summed E-state index contributed by atoms with van der Waals surface area (Å²) in [6, 6.07) is 9.99. The fourth-order valence-electron chi connectivity index (χ4n) is 1.78. The van der Waals surface area contributed by atoms with Gasteiger partial charge in [0.05, 0.1) is 16.3 Å². The van der Waals surface area contributed by atoms with Crippen LogP contribution in [0, 0.1) is 0 Å². The number of hydrogen-bond donors (Lipinski definition) is 2. The van der Waals surface area contributed by atoms with Gasteiger partial charge < -0.3 is 10.4 Å². The molecule has 6 heteroatoms. The van der Waals surface area contributed by atoms with Crippen LogP contribution < -0.4 is 5.32 Å². The summed E-state index contributed by atoms with van der Waals surface area (Å²) in [5.41, 5.74) is -0.536. The van der Waals surface area contributed by atoms with Crippen molar-refractivity contribution in [3.05, 3.63) is 58.6 Å². The van der Waals surface area contributed by atoms with Gasteiger partial charge in [0.25, 0.3) is 0 Å². The lowest BCUT2D eigenvalue weighted by atomic mass is 10.1. The van der Waals surface area contributed by atoms with Crippen molar-refractivity contribution in [1.82, 2.24) is 0 Å². The third kappa shape index (κ3) is 3.17. The first kappa shape index (κ1) is 14.5. The van der Waals surface area contributed by atoms with E-state index < -0.39 is 11.7 Å². The molecule has 0 saturated carbocycles. The fourth-order valence-corrected chi connectivity index (χ4v) is 2.03. The molecule has 0 spiro atoms. The molecule has 2 N–H and O–H groups in total. The van der Waals surface area contributed by atoms with Gasteiger partial charge in [0.1, 0.15) is 5.75 Å². The summed E-state index contributed by atoms with van der Waals surface area (Å²) in [5, 5.41) is 12.2. The lowest BCUT2D eigenvalue weighted by Crippen LogP contribution is -2.11. The summed E-state index contributed by atoms with van der Waals surface area (Å²) in [4.78, 5) is 0. The van der Waals surface area contributed by atoms with Crippen LogP contribution in [0.2, 0.25) is 5.02 Å². The summed E-state index contributed by atoms with van der Waals surface area (Å²) in [6.07, 6.45) is -4.49. The zero-order chi connectivity index (χ0) is 14.8. The van der Waals surface area contributed by atoms with Crippen LogP contribution in [0.15, 0.2) is 42.5 Å². The zero-order valence-electron chi connectivity index (χ0n) is 10.2. The van der Waals surface area contributed by atoms with Crippen molar-refractivity contribution < 1.29 is 18.3 Å². The molecule has 0 aliphatic heterocycles. The molecule has 106 valence electrons. The van der Waals surface area contributed by atoms with E-state index in [2.05, 4.69) is 5.32 Å². The molecule has 2 rings (SSSR count). The summed E-state index contributed by atoms with van der Waals surface area (Å²) in [5.74, 6) is 0.0145. The number of anilines is 1. The number of aromatic hydroxyl groups is 1. The number of para-hydroxylation sites is 2. The van der Waals surface area contributed by atoms with E-state index in [1.807, 2.05) is 0 Å². The number of rotatable bonds is 3. The van der Waals surface area contributed by atoms with Crippen molar-refractivity contribution in [2.45, 2.75) is 12.7 Å². The summed E-state index contributed by atoms with van der Waals surface area (Å²) in [7, 11) is 0. The molecule has 2 aromatic rings. The molecule has 20 heavy (non-hydrogen) atoms. The van der Waals surface area contributed by atoms with Crippen LogP contribution in [0.3, 0.4) is 0 Å². The van der Waals surface area contributed by atoms with Gasteiger partial charge in [0.2, 0.25) is 0 Å². The maximum absolute atomic E-state index is 12.9. The second-order valence-electron chi connectivity index (χ2n) is 4.14. The molecule has 0 heterocycles. The Balaban J connectivity index is 2.28. The second kappa shape index (κ2) is 5.63. The molecule has 0 fully saturated rings. The Morgan fingerprint density at radius 2 is 1.75 bits per heavy atom. The highest BCUT2D eigenvalue weighted by molar-refractivity contribution is 6.33. The van der Waals surface area contributed by atoms with Crippen LogP contribution in [-0.4, -0.2) is 5.11 Å². The van der Waals surface area contributed by atoms with Crippen molar-refractivity contribution in [2.24, 2.45) is 0 Å². The molecule has 2 nitrogen and oxygen atoms in total. The van der Waals surface area contributed by atoms with Crippen molar-refractivity contribution in [3.63, 3.8) is 0 Å². The van der Waals surface area contributed by atoms with Crippen LogP contribution in [0.4, 0.5) is 18.9 Å². The quantitative estimate of drug-likeness (QED) is 0.863. The van der Waals surface area contributed by atoms with E-state index in [-0.39, 0.29) is 23.0 Å². The average Bonchev–Trinajstić information content (AvgIpc) is 2.37. The van der Waals surface area contributed by atoms with Crippen molar-refractivity contribution in [2.75, 3.05) is 5.32 Å². The zero-order valence-corrected chi connectivity index (χ0v) is 11.0. The predicted molar refractivity (Wildman–Crippen MR) is 71.9 cm³/mol. The van der Waals surface area contributed by atoms with Crippen LogP contribution in [0.25, 0.3) is 0 Å². The number of alkyl halides is 3. The smallest absolute Gasteiger partial charge is 0.418 e. The van der Waals surface area contributed by atoms with E-state index in [1.165, 1.54) is 18.2 Å². The maximum atomic E-state index is 12.9. The largest absolute Gasteiger partial charge is 0.508 e. The molecule has 0 saturated heterocycles. The average molecular weight is 302 g/mol. The van der Waals surface area contributed by atoms with Gasteiger partial charge in [0.15, 0.2) is 0 Å². The molecule has 0 aliphatic rings. The first-order valence-electron chi connectivity index (χ1n) is 5.76. The number of nitrogens with one attached hydrogen (secondary N) is 1. The predicted octanol–water partition coefficient (Wildman–Crippen LogP) is 4.68. The normalized spacial score (nSPS) is 11.4. The van der Waals surface area contributed by atoms with E-state index in [9.17, 15) is 18.3 Å². The highest BCUT2D eigenvalue weighted by Crippen LogP contribution is 2.38. The Hall–Kier alpha value is -1.88. The van der Waals surface area contributed by atoms with Gasteiger partial charge in [-0.05, 0) is 18.2 Å². The fraction of sp³-hybridized carbons (Fsp3) is 0.143. The summed E-state index contributed by atoms with van der Waals surface area (Å²) >= 11 is 5.82. The number of phenolic OH excluding ortho intramolecular Hbond substituents is 1. The number of hydrogen-bond acceptors (Lipinski definition) is 2. The van der Waals surface area contributed by atoms with Crippen molar-refractivity contribution in [3.8, 4) is 5.75 Å². The van der Waals surface area contributed by atoms with E-state index in [0.717, 1.165) is 6.07 Å². The molecule has 0 bridgehead atoms. The minimum absolute atomic E-state index is 0.0145. The van der Waals surface area contributed by atoms with Gasteiger partial charge in [-0.2, -0.15) is 13.2 Å². The topological polar surface area (TPSA) is 32.3 Å². The van der Waals surface area contributed by atoms with Crippen molar-refractivity contribution in [1.29, 1.82) is 0 Å². The van der Waals surface area contributed by atoms with Crippen LogP contribution >= 0.6 is 11.6 Å². The highest BCUT2D eigenvalue weighted by Gasteiger charge is 2.34. The van der Waals surface area contributed by atoms with E-state index in [1.54, 1.807) is 18.2 Å². The molecular weight excluding hydrogens is 291 g/mol. The first-order chi connectivity index (χ1) is 9.39. The summed E-state index contributed by atoms with van der Waals surface area (Å²) in [6.45, 7) is 0.0412. The third-order valence-electron chi connectivity index (χ3n) is 2.77. The van der Waals surface area contributed by atoms with Crippen LogP contribution in [0.1, 0.15) is 11.1 Å². The molecular formula is C14H11ClF3NO. The lowest BCUT2D eigenvalue weighted by molar-refractivity contribution is -0.136. The molecule has 0 amide bonds. The Morgan fingerprint density at radius 3 is 2.40 bits per heavy atom. The van der Waals surface area contributed by atoms with Gasteiger partial charge in [0, 0.05) is 12.1 Å². The Morgan fingerprint density at radius 1 is 1.05 bits per heavy atom. The number of halogens is 4. The Bertz CT molecular complexity index is 614. The monoisotopic (exact) mass is 301 g/mol. The molecule has 0 unspecified atom stereocenters. The standard InChI is InChI=1S/C14H11ClF3NO/c15-11-6-3-5-10(14(16,17)18)13(11)19-8-9-4-1-2-7-12(9)20/h1-7,19-20H,8H2. The van der Waals surface area contributed by atoms with Gasteiger partial charge in [-0.25, -0.2) is 0 Å². The second-order valence-corrected chi connectivity index (χ2v) is 4.55. The van der Waals surface area contributed by atoms with E-state index >= 15 is 0 Å². The lowest BCUT2D eigenvalue weighted by Gasteiger charge is -2.16. The van der Waals surface area contributed by atoms with Gasteiger partial charge in [-0.3, -0.25) is 0 Å². The van der Waals surface area contributed by atoms with Crippen LogP contribution in [-0.2, 0) is 12.7 Å². The van der Waals surface area contributed by atoms with Crippen LogP contribution in [0.5, 0.6) is 5.75 Å². The highest BCUT2D eigenvalue weighted by atomic mass is 35.5. The minimum Gasteiger partial charge on any atom is -0.508 e. The van der Waals surface area contributed by atoms with Gasteiger partial charge in [-0.15, -0.1) is 0 Å². The first-order valence-corrected chi connectivity index (χ1v) is 6.14. The number of benzene rings is 2. The van der Waals surface area contributed by atoms with Crippen molar-refractivity contribution >= 4 is 17.3 Å². The number of phenols is 1. The van der Waals surface area contributed by atoms with Gasteiger partial charge in [-0.1, -0.05) is 35.9 Å². The molecule has 0 atom stereocenters. The maximum Gasteiger partial charge on any atom is 0.418 e. The minimum atomic E-state index is -4.49. The van der Waals surface area contributed by atoms with Gasteiger partial charge >= 0.3 is 6.18 Å². The van der Waals surface area contributed by atoms with E-state index in [4.69, 9.17) is 11.6 Å². The van der Waals surface area contributed by atoms with E-state index in [0.29, 0.717) is 5.56 Å².